The maximum atomic E-state index is 13.2. The van der Waals surface area contributed by atoms with Crippen molar-refractivity contribution in [2.45, 2.75) is 38.0 Å². The van der Waals surface area contributed by atoms with Gasteiger partial charge in [0.25, 0.3) is 0 Å². The number of carbonyl (C=O) groups excluding carboxylic acids is 1. The second kappa shape index (κ2) is 10.3. The summed E-state index contributed by atoms with van der Waals surface area (Å²) in [7, 11) is -3.59. The molecule has 0 unspecified atom stereocenters. The molecule has 0 radical (unpaired) electrons. The summed E-state index contributed by atoms with van der Waals surface area (Å²) >= 11 is 3.34. The van der Waals surface area contributed by atoms with Gasteiger partial charge in [-0.1, -0.05) is 6.07 Å². The highest BCUT2D eigenvalue weighted by Crippen LogP contribution is 2.31. The van der Waals surface area contributed by atoms with Gasteiger partial charge in [0.1, 0.15) is 22.4 Å². The second-order valence-electron chi connectivity index (χ2n) is 8.26. The van der Waals surface area contributed by atoms with E-state index >= 15 is 0 Å². The number of pyridine rings is 1. The number of aliphatic hydroxyl groups is 1. The molecule has 0 bridgehead atoms. The van der Waals surface area contributed by atoms with Crippen molar-refractivity contribution in [2.75, 3.05) is 11.1 Å². The van der Waals surface area contributed by atoms with Gasteiger partial charge in [-0.3, -0.25) is 9.48 Å². The van der Waals surface area contributed by atoms with Crippen LogP contribution in [0.1, 0.15) is 41.0 Å². The van der Waals surface area contributed by atoms with Gasteiger partial charge in [-0.25, -0.2) is 28.5 Å². The normalized spacial score (nSPS) is 20.4. The number of ketones is 1. The van der Waals surface area contributed by atoms with Gasteiger partial charge >= 0.3 is 0 Å². The van der Waals surface area contributed by atoms with Gasteiger partial charge in [0, 0.05) is 18.4 Å². The number of nitrogens with two attached hydrogens (primary N) is 1. The first-order valence-corrected chi connectivity index (χ1v) is 13.1. The lowest BCUT2D eigenvalue weighted by molar-refractivity contribution is 0.103. The van der Waals surface area contributed by atoms with Crippen LogP contribution in [0.15, 0.2) is 47.6 Å². The Hall–Kier alpha value is -2.74. The summed E-state index contributed by atoms with van der Waals surface area (Å²) in [6, 6.07) is 7.02. The van der Waals surface area contributed by atoms with Crippen LogP contribution in [0.3, 0.4) is 0 Å². The monoisotopic (exact) mass is 549 g/mol. The molecule has 3 aromatic rings. The zero-order valence-electron chi connectivity index (χ0n) is 18.1. The van der Waals surface area contributed by atoms with Crippen molar-refractivity contribution in [1.29, 1.82) is 0 Å². The van der Waals surface area contributed by atoms with E-state index in [0.29, 0.717) is 25.2 Å². The van der Waals surface area contributed by atoms with E-state index in [0.717, 1.165) is 10.3 Å². The maximum absolute atomic E-state index is 13.2. The number of halogens is 1. The Balaban J connectivity index is 1.44. The van der Waals surface area contributed by atoms with Crippen LogP contribution in [-0.4, -0.2) is 61.9 Å². The average molecular weight is 550 g/mol. The number of carbonyl (C=O) groups is 1. The van der Waals surface area contributed by atoms with E-state index in [9.17, 15) is 18.3 Å². The lowest BCUT2D eigenvalue weighted by atomic mass is 10.0. The average Bonchev–Trinajstić information content (AvgIpc) is 3.38. The summed E-state index contributed by atoms with van der Waals surface area (Å²) < 4.78 is 24.9. The Morgan fingerprint density at radius 2 is 2.12 bits per heavy atom. The minimum atomic E-state index is -3.59. The van der Waals surface area contributed by atoms with E-state index in [4.69, 9.17) is 5.14 Å². The van der Waals surface area contributed by atoms with Gasteiger partial charge < -0.3 is 10.4 Å². The van der Waals surface area contributed by atoms with Crippen molar-refractivity contribution >= 4 is 37.6 Å². The van der Waals surface area contributed by atoms with Crippen LogP contribution < -0.4 is 10.5 Å². The van der Waals surface area contributed by atoms with Gasteiger partial charge in [0.05, 0.1) is 29.7 Å². The Bertz CT molecular complexity index is 1280. The molecule has 0 amide bonds. The Morgan fingerprint density at radius 3 is 2.88 bits per heavy atom. The molecule has 1 aliphatic rings. The fourth-order valence-electron chi connectivity index (χ4n) is 4.06. The first-order valence-electron chi connectivity index (χ1n) is 10.6. The van der Waals surface area contributed by atoms with Crippen molar-refractivity contribution in [3.05, 3.63) is 64.5 Å². The molecule has 1 fully saturated rings. The molecule has 0 saturated heterocycles. The van der Waals surface area contributed by atoms with E-state index in [1.165, 1.54) is 12.5 Å². The summed E-state index contributed by atoms with van der Waals surface area (Å²) in [6.07, 6.45) is 5.01. The van der Waals surface area contributed by atoms with Crippen LogP contribution in [0.25, 0.3) is 0 Å². The summed E-state index contributed by atoms with van der Waals surface area (Å²) in [5.74, 6) is -0.392. The molecule has 180 valence electrons. The van der Waals surface area contributed by atoms with Crippen molar-refractivity contribution in [3.63, 3.8) is 0 Å². The van der Waals surface area contributed by atoms with Crippen molar-refractivity contribution < 1.29 is 18.3 Å². The maximum Gasteiger partial charge on any atom is 0.218 e. The molecule has 3 aromatic heterocycles. The third-order valence-electron chi connectivity index (χ3n) is 5.70. The molecular weight excluding hydrogens is 526 g/mol. The van der Waals surface area contributed by atoms with E-state index in [2.05, 4.69) is 41.3 Å². The number of aromatic nitrogens is 5. The lowest BCUT2D eigenvalue weighted by Gasteiger charge is -2.15. The summed E-state index contributed by atoms with van der Waals surface area (Å²) in [6.45, 7) is 0.406. The van der Waals surface area contributed by atoms with E-state index in [-0.39, 0.29) is 41.2 Å². The number of sulfonamides is 1. The molecule has 34 heavy (non-hydrogen) atoms. The Kier molecular flexibility index (Phi) is 7.36. The SMILES string of the molecule is NS(=O)(=O)CC[C@H]1C[C@@H](Nc2ncncc2C(=O)c2ccn(Cc3cccc(Br)n3)n2)C[C@@H]1O. The Labute approximate surface area is 205 Å². The molecule has 0 aliphatic heterocycles. The highest BCUT2D eigenvalue weighted by atomic mass is 79.9. The number of nitrogens with one attached hydrogen (secondary N) is 1. The molecule has 4 rings (SSSR count). The number of hydrogen-bond acceptors (Lipinski definition) is 9. The topological polar surface area (TPSA) is 166 Å². The van der Waals surface area contributed by atoms with Gasteiger partial charge in [-0.2, -0.15) is 5.10 Å². The smallest absolute Gasteiger partial charge is 0.218 e. The molecule has 4 N–H and O–H groups in total. The lowest BCUT2D eigenvalue weighted by Crippen LogP contribution is -2.22. The van der Waals surface area contributed by atoms with E-state index < -0.39 is 16.1 Å². The number of anilines is 1. The first-order chi connectivity index (χ1) is 16.2. The molecule has 0 spiro atoms. The van der Waals surface area contributed by atoms with E-state index in [1.807, 2.05) is 18.2 Å². The third-order valence-corrected chi connectivity index (χ3v) is 6.94. The van der Waals surface area contributed by atoms with Crippen LogP contribution >= 0.6 is 15.9 Å². The zero-order valence-corrected chi connectivity index (χ0v) is 20.5. The van der Waals surface area contributed by atoms with Crippen LogP contribution in [-0.2, 0) is 16.6 Å². The summed E-state index contributed by atoms with van der Waals surface area (Å²) in [4.78, 5) is 25.7. The zero-order chi connectivity index (χ0) is 24.3. The molecule has 11 nitrogen and oxygen atoms in total. The largest absolute Gasteiger partial charge is 0.393 e. The van der Waals surface area contributed by atoms with Crippen LogP contribution in [0.5, 0.6) is 0 Å². The van der Waals surface area contributed by atoms with Crippen LogP contribution in [0, 0.1) is 5.92 Å². The predicted molar refractivity (Wildman–Crippen MR) is 127 cm³/mol. The highest BCUT2D eigenvalue weighted by Gasteiger charge is 2.34. The van der Waals surface area contributed by atoms with Gasteiger partial charge in [0.2, 0.25) is 15.8 Å². The van der Waals surface area contributed by atoms with Gasteiger partial charge in [-0.15, -0.1) is 0 Å². The standard InChI is InChI=1S/C21H24BrN7O4S/c22-19-3-1-2-14(26-19)11-29-6-4-17(28-29)20(31)16-10-24-12-25-21(16)27-15-8-13(18(30)9-15)5-7-34(23,32)33/h1-4,6,10,12-13,15,18,30H,5,7-9,11H2,(H2,23,32,33)(H,24,25,27)/t13-,15+,18-/m0/s1. The fourth-order valence-corrected chi connectivity index (χ4v) is 5.08. The highest BCUT2D eigenvalue weighted by molar-refractivity contribution is 9.10. The molecule has 3 heterocycles. The van der Waals surface area contributed by atoms with Gasteiger partial charge in [-0.05, 0) is 59.3 Å². The first kappa shape index (κ1) is 24.4. The minimum Gasteiger partial charge on any atom is -0.393 e. The number of hydrogen-bond donors (Lipinski definition) is 3. The van der Waals surface area contributed by atoms with Crippen LogP contribution in [0.2, 0.25) is 0 Å². The second-order valence-corrected chi connectivity index (χ2v) is 10.8. The number of nitrogens with zero attached hydrogens (tertiary/aromatic N) is 5. The molecule has 3 atom stereocenters. The number of rotatable bonds is 9. The van der Waals surface area contributed by atoms with Gasteiger partial charge in [0.15, 0.2) is 0 Å². The Morgan fingerprint density at radius 1 is 1.29 bits per heavy atom. The molecule has 0 aromatic carbocycles. The molecular formula is C21H24BrN7O4S. The molecule has 1 aliphatic carbocycles. The summed E-state index contributed by atoms with van der Waals surface area (Å²) in [5, 5.41) is 23.0. The number of primary sulfonamides is 1. The van der Waals surface area contributed by atoms with E-state index in [1.54, 1.807) is 16.9 Å². The predicted octanol–water partition coefficient (Wildman–Crippen LogP) is 1.34. The third kappa shape index (κ3) is 6.23. The quantitative estimate of drug-likeness (QED) is 0.263. The fraction of sp³-hybridized carbons (Fsp3) is 0.381. The molecule has 1 saturated carbocycles. The van der Waals surface area contributed by atoms with Crippen LogP contribution in [0.4, 0.5) is 5.82 Å². The number of aliphatic hydroxyl groups excluding tert-OH is 1. The summed E-state index contributed by atoms with van der Waals surface area (Å²) in [5.41, 5.74) is 1.29. The minimum absolute atomic E-state index is 0.179. The molecule has 13 heteroatoms. The van der Waals surface area contributed by atoms with Crippen molar-refractivity contribution in [2.24, 2.45) is 11.1 Å². The van der Waals surface area contributed by atoms with Crippen molar-refractivity contribution in [3.8, 4) is 0 Å². The van der Waals surface area contributed by atoms with Crippen molar-refractivity contribution in [1.82, 2.24) is 24.7 Å².